The first-order valence-electron chi connectivity index (χ1n) is 7.66. The van der Waals surface area contributed by atoms with E-state index in [1.54, 1.807) is 6.92 Å². The van der Waals surface area contributed by atoms with Gasteiger partial charge in [-0.2, -0.15) is 0 Å². The summed E-state index contributed by atoms with van der Waals surface area (Å²) in [6, 6.07) is 0. The Morgan fingerprint density at radius 1 is 1.29 bits per heavy atom. The molecule has 1 heterocycles. The molecule has 1 aliphatic rings. The van der Waals surface area contributed by atoms with E-state index < -0.39 is 10.0 Å². The van der Waals surface area contributed by atoms with Crippen molar-refractivity contribution in [3.63, 3.8) is 0 Å². The normalized spacial score (nSPS) is 17.1. The van der Waals surface area contributed by atoms with Gasteiger partial charge in [0, 0.05) is 18.7 Å². The molecule has 0 spiro atoms. The third-order valence-electron chi connectivity index (χ3n) is 4.17. The van der Waals surface area contributed by atoms with Gasteiger partial charge < -0.3 is 9.73 Å². The van der Waals surface area contributed by atoms with Crippen LogP contribution in [-0.4, -0.2) is 21.5 Å². The molecule has 0 aliphatic heterocycles. The zero-order chi connectivity index (χ0) is 15.6. The van der Waals surface area contributed by atoms with Crippen LogP contribution in [0.4, 0.5) is 0 Å². The molecule has 1 saturated carbocycles. The Kier molecular flexibility index (Phi) is 5.11. The molecule has 120 valence electrons. The highest BCUT2D eigenvalue weighted by Gasteiger charge is 2.31. The highest BCUT2D eigenvalue weighted by atomic mass is 32.2. The van der Waals surface area contributed by atoms with Gasteiger partial charge in [0.25, 0.3) is 0 Å². The molecule has 1 fully saturated rings. The van der Waals surface area contributed by atoms with Crippen LogP contribution in [0.15, 0.2) is 9.31 Å². The molecule has 1 atom stereocenters. The summed E-state index contributed by atoms with van der Waals surface area (Å²) in [6.07, 6.45) is 2.44. The minimum absolute atomic E-state index is 0.309. The first-order valence-corrected chi connectivity index (χ1v) is 9.14. The average molecular weight is 314 g/mol. The number of hydrogen-bond acceptors (Lipinski definition) is 4. The monoisotopic (exact) mass is 314 g/mol. The zero-order valence-corrected chi connectivity index (χ0v) is 14.1. The van der Waals surface area contributed by atoms with Crippen LogP contribution in [0.3, 0.4) is 0 Å². The Morgan fingerprint density at radius 3 is 2.52 bits per heavy atom. The molecule has 2 N–H and O–H groups in total. The van der Waals surface area contributed by atoms with Crippen LogP contribution in [-0.2, 0) is 16.6 Å². The van der Waals surface area contributed by atoms with E-state index in [0.717, 1.165) is 12.1 Å². The fourth-order valence-corrected chi connectivity index (χ4v) is 4.25. The summed E-state index contributed by atoms with van der Waals surface area (Å²) in [4.78, 5) is 0.309. The summed E-state index contributed by atoms with van der Waals surface area (Å²) in [7, 11) is -3.52. The standard InChI is InChI=1S/C15H26N2O3S/c1-5-16-9-14-11(3)20-12(4)15(14)21(18,19)17-8-10(2)13-6-7-13/h10,13,16-17H,5-9H2,1-4H3. The SMILES string of the molecule is CCNCc1c(C)oc(C)c1S(=O)(=O)NCC(C)C1CC1. The van der Waals surface area contributed by atoms with E-state index in [1.807, 2.05) is 13.8 Å². The molecule has 0 aromatic carbocycles. The van der Waals surface area contributed by atoms with Crippen LogP contribution < -0.4 is 10.0 Å². The Morgan fingerprint density at radius 2 is 1.95 bits per heavy atom. The maximum atomic E-state index is 12.6. The molecule has 2 rings (SSSR count). The van der Waals surface area contributed by atoms with Gasteiger partial charge >= 0.3 is 0 Å². The van der Waals surface area contributed by atoms with Crippen molar-refractivity contribution >= 4 is 10.0 Å². The van der Waals surface area contributed by atoms with E-state index in [0.29, 0.717) is 41.3 Å². The third kappa shape index (κ3) is 3.87. The predicted octanol–water partition coefficient (Wildman–Crippen LogP) is 2.33. The van der Waals surface area contributed by atoms with Gasteiger partial charge in [-0.05, 0) is 45.1 Å². The summed E-state index contributed by atoms with van der Waals surface area (Å²) in [6.45, 7) is 9.41. The molecule has 0 bridgehead atoms. The molecule has 1 unspecified atom stereocenters. The van der Waals surface area contributed by atoms with E-state index in [9.17, 15) is 8.42 Å². The van der Waals surface area contributed by atoms with Gasteiger partial charge in [-0.25, -0.2) is 13.1 Å². The fraction of sp³-hybridized carbons (Fsp3) is 0.733. The fourth-order valence-electron chi connectivity index (χ4n) is 2.66. The molecule has 21 heavy (non-hydrogen) atoms. The topological polar surface area (TPSA) is 71.3 Å². The maximum absolute atomic E-state index is 12.6. The molecule has 0 radical (unpaired) electrons. The van der Waals surface area contributed by atoms with E-state index in [2.05, 4.69) is 17.0 Å². The Bertz CT molecular complexity index is 588. The molecule has 1 aliphatic carbocycles. The van der Waals surface area contributed by atoms with Gasteiger partial charge in [-0.1, -0.05) is 13.8 Å². The first-order chi connectivity index (χ1) is 9.86. The van der Waals surface area contributed by atoms with Crippen LogP contribution in [0.1, 0.15) is 43.8 Å². The van der Waals surface area contributed by atoms with Crippen LogP contribution >= 0.6 is 0 Å². The minimum Gasteiger partial charge on any atom is -0.465 e. The molecule has 0 amide bonds. The molecular weight excluding hydrogens is 288 g/mol. The van der Waals surface area contributed by atoms with Crippen molar-refractivity contribution in [3.8, 4) is 0 Å². The summed E-state index contributed by atoms with van der Waals surface area (Å²) in [5, 5.41) is 3.17. The lowest BCUT2D eigenvalue weighted by atomic mass is 10.1. The zero-order valence-electron chi connectivity index (χ0n) is 13.3. The molecule has 1 aromatic heterocycles. The largest absolute Gasteiger partial charge is 0.465 e. The van der Waals surface area contributed by atoms with Gasteiger partial charge in [0.15, 0.2) is 0 Å². The van der Waals surface area contributed by atoms with Crippen molar-refractivity contribution in [2.24, 2.45) is 11.8 Å². The highest BCUT2D eigenvalue weighted by Crippen LogP contribution is 2.36. The van der Waals surface area contributed by atoms with Crippen molar-refractivity contribution in [3.05, 3.63) is 17.1 Å². The summed E-state index contributed by atoms with van der Waals surface area (Å²) < 4.78 is 33.5. The average Bonchev–Trinajstić information content (AvgIpc) is 3.20. The first kappa shape index (κ1) is 16.5. The summed E-state index contributed by atoms with van der Waals surface area (Å²) in [5.41, 5.74) is 0.737. The van der Waals surface area contributed by atoms with Crippen LogP contribution in [0.25, 0.3) is 0 Å². The van der Waals surface area contributed by atoms with E-state index in [4.69, 9.17) is 4.42 Å². The number of rotatable bonds is 8. The Balaban J connectivity index is 2.17. The summed E-state index contributed by atoms with van der Waals surface area (Å²) in [5.74, 6) is 2.21. The smallest absolute Gasteiger partial charge is 0.244 e. The lowest BCUT2D eigenvalue weighted by Gasteiger charge is -2.13. The predicted molar refractivity (Wildman–Crippen MR) is 82.6 cm³/mol. The van der Waals surface area contributed by atoms with Crippen molar-refractivity contribution in [2.45, 2.75) is 52.0 Å². The van der Waals surface area contributed by atoms with Gasteiger partial charge in [0.2, 0.25) is 10.0 Å². The second kappa shape index (κ2) is 6.50. The molecule has 1 aromatic rings. The lowest BCUT2D eigenvalue weighted by molar-refractivity contribution is 0.484. The van der Waals surface area contributed by atoms with Crippen molar-refractivity contribution in [1.29, 1.82) is 0 Å². The lowest BCUT2D eigenvalue weighted by Crippen LogP contribution is -2.30. The van der Waals surface area contributed by atoms with E-state index >= 15 is 0 Å². The second-order valence-electron chi connectivity index (χ2n) is 5.97. The third-order valence-corrected chi connectivity index (χ3v) is 5.79. The highest BCUT2D eigenvalue weighted by molar-refractivity contribution is 7.89. The maximum Gasteiger partial charge on any atom is 0.244 e. The van der Waals surface area contributed by atoms with Crippen LogP contribution in [0.2, 0.25) is 0 Å². The van der Waals surface area contributed by atoms with Gasteiger partial charge in [0.05, 0.1) is 0 Å². The molecular formula is C15H26N2O3S. The van der Waals surface area contributed by atoms with Crippen LogP contribution in [0, 0.1) is 25.7 Å². The van der Waals surface area contributed by atoms with Crippen molar-refractivity contribution in [1.82, 2.24) is 10.0 Å². The summed E-state index contributed by atoms with van der Waals surface area (Å²) >= 11 is 0. The van der Waals surface area contributed by atoms with Crippen molar-refractivity contribution in [2.75, 3.05) is 13.1 Å². The minimum atomic E-state index is -3.52. The molecule has 5 nitrogen and oxygen atoms in total. The van der Waals surface area contributed by atoms with Crippen LogP contribution in [0.5, 0.6) is 0 Å². The Hall–Kier alpha value is -0.850. The molecule has 6 heteroatoms. The quantitative estimate of drug-likeness (QED) is 0.772. The van der Waals surface area contributed by atoms with Gasteiger partial charge in [0.1, 0.15) is 16.4 Å². The van der Waals surface area contributed by atoms with Crippen molar-refractivity contribution < 1.29 is 12.8 Å². The van der Waals surface area contributed by atoms with Gasteiger partial charge in [-0.3, -0.25) is 0 Å². The van der Waals surface area contributed by atoms with E-state index in [1.165, 1.54) is 12.8 Å². The van der Waals surface area contributed by atoms with Gasteiger partial charge in [-0.15, -0.1) is 0 Å². The van der Waals surface area contributed by atoms with E-state index in [-0.39, 0.29) is 0 Å². The Labute approximate surface area is 127 Å². The number of sulfonamides is 1. The second-order valence-corrected chi connectivity index (χ2v) is 7.67. The number of nitrogens with one attached hydrogen (secondary N) is 2. The molecule has 0 saturated heterocycles. The number of furan rings is 1. The number of aryl methyl sites for hydroxylation is 2. The number of hydrogen-bond donors (Lipinski definition) is 2.